The number of anilines is 1. The summed E-state index contributed by atoms with van der Waals surface area (Å²) in [4.78, 5) is 10.8. The molecule has 0 bridgehead atoms. The molecule has 14 heavy (non-hydrogen) atoms. The van der Waals surface area contributed by atoms with Gasteiger partial charge >= 0.3 is 0 Å². The average molecular weight is 256 g/mol. The van der Waals surface area contributed by atoms with Crippen LogP contribution in [0.25, 0.3) is 0 Å². The van der Waals surface area contributed by atoms with Gasteiger partial charge in [-0.2, -0.15) is 0 Å². The highest BCUT2D eigenvalue weighted by atomic mass is 79.9. The fourth-order valence-electron chi connectivity index (χ4n) is 1.56. The molecule has 1 aromatic heterocycles. The van der Waals surface area contributed by atoms with Crippen LogP contribution >= 0.6 is 15.9 Å². The van der Waals surface area contributed by atoms with Gasteiger partial charge in [0.1, 0.15) is 12.1 Å². The lowest BCUT2D eigenvalue weighted by Gasteiger charge is -2.22. The maximum Gasteiger partial charge on any atom is 0.132 e. The standard InChI is InChI=1S/C10H14BrN3/c1-8-6-10(13-7-12-8)14(5-4-11)9-2-3-9/h6-7,9H,2-5H2,1H3. The van der Waals surface area contributed by atoms with E-state index in [1.54, 1.807) is 6.33 Å². The zero-order valence-corrected chi connectivity index (χ0v) is 9.87. The zero-order chi connectivity index (χ0) is 9.97. The van der Waals surface area contributed by atoms with Crippen LogP contribution < -0.4 is 4.90 Å². The minimum atomic E-state index is 0.710. The second kappa shape index (κ2) is 4.26. The fourth-order valence-corrected chi connectivity index (χ4v) is 1.94. The predicted octanol–water partition coefficient (Wildman–Crippen LogP) is 2.15. The number of rotatable bonds is 4. The Bertz CT molecular complexity index is 312. The fraction of sp³-hybridized carbons (Fsp3) is 0.600. The molecule has 3 nitrogen and oxygen atoms in total. The van der Waals surface area contributed by atoms with Gasteiger partial charge in [-0.15, -0.1) is 0 Å². The molecular formula is C10H14BrN3. The molecule has 1 aliphatic carbocycles. The summed E-state index contributed by atoms with van der Waals surface area (Å²) < 4.78 is 0. The molecule has 1 aliphatic rings. The van der Waals surface area contributed by atoms with Gasteiger partial charge in [-0.05, 0) is 19.8 Å². The summed E-state index contributed by atoms with van der Waals surface area (Å²) in [7, 11) is 0. The molecule has 0 spiro atoms. The van der Waals surface area contributed by atoms with Crippen LogP contribution in [0.1, 0.15) is 18.5 Å². The smallest absolute Gasteiger partial charge is 0.132 e. The van der Waals surface area contributed by atoms with Crippen LogP contribution in [0, 0.1) is 6.92 Å². The van der Waals surface area contributed by atoms with Gasteiger partial charge in [-0.25, -0.2) is 9.97 Å². The summed E-state index contributed by atoms with van der Waals surface area (Å²) in [6.07, 6.45) is 4.25. The van der Waals surface area contributed by atoms with E-state index in [1.807, 2.05) is 6.92 Å². The van der Waals surface area contributed by atoms with Gasteiger partial charge in [-0.3, -0.25) is 0 Å². The Balaban J connectivity index is 2.16. The molecule has 0 radical (unpaired) electrons. The van der Waals surface area contributed by atoms with Crippen molar-refractivity contribution in [2.75, 3.05) is 16.8 Å². The van der Waals surface area contributed by atoms with E-state index in [-0.39, 0.29) is 0 Å². The topological polar surface area (TPSA) is 29.0 Å². The number of aryl methyl sites for hydroxylation is 1. The molecular weight excluding hydrogens is 242 g/mol. The average Bonchev–Trinajstić information content (AvgIpc) is 2.97. The first-order chi connectivity index (χ1) is 6.81. The maximum atomic E-state index is 4.31. The molecule has 1 heterocycles. The molecule has 0 aliphatic heterocycles. The minimum absolute atomic E-state index is 0.710. The van der Waals surface area contributed by atoms with E-state index in [1.165, 1.54) is 12.8 Å². The van der Waals surface area contributed by atoms with Crippen molar-refractivity contribution in [3.8, 4) is 0 Å². The molecule has 1 aromatic rings. The van der Waals surface area contributed by atoms with Crippen molar-refractivity contribution < 1.29 is 0 Å². The summed E-state index contributed by atoms with van der Waals surface area (Å²) >= 11 is 3.48. The Morgan fingerprint density at radius 2 is 2.29 bits per heavy atom. The van der Waals surface area contributed by atoms with E-state index < -0.39 is 0 Å². The van der Waals surface area contributed by atoms with Gasteiger partial charge in [0.15, 0.2) is 0 Å². The van der Waals surface area contributed by atoms with Crippen LogP contribution in [0.4, 0.5) is 5.82 Å². The molecule has 0 saturated heterocycles. The summed E-state index contributed by atoms with van der Waals surface area (Å²) in [5, 5.41) is 0.993. The largest absolute Gasteiger partial charge is 0.353 e. The van der Waals surface area contributed by atoms with E-state index in [4.69, 9.17) is 0 Å². The highest BCUT2D eigenvalue weighted by Gasteiger charge is 2.29. The van der Waals surface area contributed by atoms with E-state index in [9.17, 15) is 0 Å². The van der Waals surface area contributed by atoms with Crippen molar-refractivity contribution in [2.24, 2.45) is 0 Å². The first kappa shape index (κ1) is 9.90. The van der Waals surface area contributed by atoms with Crippen molar-refractivity contribution in [3.63, 3.8) is 0 Å². The quantitative estimate of drug-likeness (QED) is 0.773. The molecule has 2 rings (SSSR count). The molecule has 0 N–H and O–H groups in total. The van der Waals surface area contributed by atoms with Crippen LogP contribution in [0.3, 0.4) is 0 Å². The second-order valence-electron chi connectivity index (χ2n) is 3.63. The van der Waals surface area contributed by atoms with Crippen molar-refractivity contribution in [1.82, 2.24) is 9.97 Å². The first-order valence-corrected chi connectivity index (χ1v) is 6.04. The summed E-state index contributed by atoms with van der Waals surface area (Å²) in [5.74, 6) is 1.07. The highest BCUT2D eigenvalue weighted by molar-refractivity contribution is 9.09. The number of hydrogen-bond donors (Lipinski definition) is 0. The van der Waals surface area contributed by atoms with Crippen LogP contribution in [0.2, 0.25) is 0 Å². The SMILES string of the molecule is Cc1cc(N(CCBr)C2CC2)ncn1. The second-order valence-corrected chi connectivity index (χ2v) is 4.42. The predicted molar refractivity (Wildman–Crippen MR) is 60.9 cm³/mol. The van der Waals surface area contributed by atoms with Gasteiger partial charge in [0.2, 0.25) is 0 Å². The summed E-state index contributed by atoms with van der Waals surface area (Å²) in [6, 6.07) is 2.77. The van der Waals surface area contributed by atoms with Gasteiger partial charge < -0.3 is 4.90 Å². The molecule has 4 heteroatoms. The van der Waals surface area contributed by atoms with Gasteiger partial charge in [0.05, 0.1) is 0 Å². The van der Waals surface area contributed by atoms with E-state index >= 15 is 0 Å². The minimum Gasteiger partial charge on any atom is -0.353 e. The summed E-state index contributed by atoms with van der Waals surface area (Å²) in [5.41, 5.74) is 1.04. The van der Waals surface area contributed by atoms with E-state index in [2.05, 4.69) is 36.9 Å². The lowest BCUT2D eigenvalue weighted by molar-refractivity contribution is 0.809. The number of halogens is 1. The van der Waals surface area contributed by atoms with E-state index in [0.717, 1.165) is 23.4 Å². The molecule has 1 saturated carbocycles. The van der Waals surface area contributed by atoms with Gasteiger partial charge in [-0.1, -0.05) is 15.9 Å². The van der Waals surface area contributed by atoms with Gasteiger partial charge in [0.25, 0.3) is 0 Å². The third kappa shape index (κ3) is 2.23. The number of hydrogen-bond acceptors (Lipinski definition) is 3. The molecule has 0 amide bonds. The highest BCUT2D eigenvalue weighted by Crippen LogP contribution is 2.30. The maximum absolute atomic E-state index is 4.31. The van der Waals surface area contributed by atoms with Crippen molar-refractivity contribution in [3.05, 3.63) is 18.1 Å². The lowest BCUT2D eigenvalue weighted by atomic mass is 10.4. The van der Waals surface area contributed by atoms with Crippen LogP contribution in [-0.2, 0) is 0 Å². The molecule has 76 valence electrons. The molecule has 0 unspecified atom stereocenters. The number of alkyl halides is 1. The van der Waals surface area contributed by atoms with E-state index in [0.29, 0.717) is 6.04 Å². The zero-order valence-electron chi connectivity index (χ0n) is 8.28. The van der Waals surface area contributed by atoms with Crippen molar-refractivity contribution in [2.45, 2.75) is 25.8 Å². The first-order valence-electron chi connectivity index (χ1n) is 4.92. The number of aromatic nitrogens is 2. The molecule has 1 fully saturated rings. The van der Waals surface area contributed by atoms with Crippen LogP contribution in [0.5, 0.6) is 0 Å². The Labute approximate surface area is 92.7 Å². The third-order valence-electron chi connectivity index (χ3n) is 2.40. The molecule has 0 atom stereocenters. The Kier molecular flexibility index (Phi) is 3.01. The van der Waals surface area contributed by atoms with Gasteiger partial charge in [0, 0.05) is 29.7 Å². The third-order valence-corrected chi connectivity index (χ3v) is 2.75. The van der Waals surface area contributed by atoms with Crippen molar-refractivity contribution in [1.29, 1.82) is 0 Å². The van der Waals surface area contributed by atoms with Crippen molar-refractivity contribution >= 4 is 21.7 Å². The number of nitrogens with zero attached hydrogens (tertiary/aromatic N) is 3. The molecule has 0 aromatic carbocycles. The Morgan fingerprint density at radius 1 is 1.50 bits per heavy atom. The van der Waals surface area contributed by atoms with Crippen LogP contribution in [-0.4, -0.2) is 27.9 Å². The Hall–Kier alpha value is -0.640. The Morgan fingerprint density at radius 3 is 2.86 bits per heavy atom. The van der Waals surface area contributed by atoms with Crippen LogP contribution in [0.15, 0.2) is 12.4 Å². The normalized spacial score (nSPS) is 15.6. The monoisotopic (exact) mass is 255 g/mol. The lowest BCUT2D eigenvalue weighted by Crippen LogP contribution is -2.28. The summed E-state index contributed by atoms with van der Waals surface area (Å²) in [6.45, 7) is 3.03.